The maximum atomic E-state index is 12.6. The van der Waals surface area contributed by atoms with Crippen LogP contribution in [0.3, 0.4) is 0 Å². The van der Waals surface area contributed by atoms with E-state index in [4.69, 9.17) is 10.5 Å². The molecule has 5 nitrogen and oxygen atoms in total. The highest BCUT2D eigenvalue weighted by atomic mass is 16.5. The lowest BCUT2D eigenvalue weighted by Crippen LogP contribution is -2.32. The van der Waals surface area contributed by atoms with Gasteiger partial charge in [-0.3, -0.25) is 9.59 Å². The minimum atomic E-state index is -0.0952. The Bertz CT molecular complexity index is 1040. The molecule has 0 heterocycles. The van der Waals surface area contributed by atoms with E-state index in [1.54, 1.807) is 19.1 Å². The number of hydrogen-bond acceptors (Lipinski definition) is 4. The number of carbonyl (C=O) groups is 2. The normalized spacial score (nSPS) is 10.5. The Kier molecular flexibility index (Phi) is 7.57. The summed E-state index contributed by atoms with van der Waals surface area (Å²) in [5.41, 5.74) is 10.3. The average Bonchev–Trinajstić information content (AvgIpc) is 2.82. The Morgan fingerprint density at radius 3 is 2.32 bits per heavy atom. The van der Waals surface area contributed by atoms with E-state index in [0.29, 0.717) is 24.9 Å². The molecule has 0 bridgehead atoms. The van der Waals surface area contributed by atoms with Crippen LogP contribution in [0.15, 0.2) is 72.8 Å². The second kappa shape index (κ2) is 10.5. The number of ketones is 1. The molecule has 0 aliphatic rings. The molecule has 3 aromatic rings. The molecule has 0 saturated carbocycles. The first-order valence-electron chi connectivity index (χ1n) is 10.3. The van der Waals surface area contributed by atoms with Gasteiger partial charge in [0.05, 0.1) is 13.7 Å². The van der Waals surface area contributed by atoms with Gasteiger partial charge in [-0.15, -0.1) is 0 Å². The maximum absolute atomic E-state index is 12.6. The predicted molar refractivity (Wildman–Crippen MR) is 123 cm³/mol. The summed E-state index contributed by atoms with van der Waals surface area (Å²) >= 11 is 0. The Labute approximate surface area is 183 Å². The van der Waals surface area contributed by atoms with Gasteiger partial charge < -0.3 is 15.4 Å². The van der Waals surface area contributed by atoms with E-state index in [0.717, 1.165) is 28.0 Å². The van der Waals surface area contributed by atoms with Gasteiger partial charge in [-0.1, -0.05) is 54.6 Å². The van der Waals surface area contributed by atoms with Gasteiger partial charge in [0.15, 0.2) is 5.78 Å². The lowest BCUT2D eigenvalue weighted by molar-refractivity contribution is -0.128. The molecule has 1 amide bonds. The molecule has 0 spiro atoms. The van der Waals surface area contributed by atoms with Crippen LogP contribution < -0.4 is 10.5 Å². The maximum Gasteiger partial charge on any atom is 0.236 e. The Balaban J connectivity index is 1.65. The Morgan fingerprint density at radius 2 is 1.61 bits per heavy atom. The fourth-order valence-corrected chi connectivity index (χ4v) is 3.45. The number of hydrogen-bond donors (Lipinski definition) is 1. The van der Waals surface area contributed by atoms with Crippen LogP contribution in [0, 0.1) is 0 Å². The first kappa shape index (κ1) is 22.2. The number of Topliss-reactive ketones (excluding diaryl/α,β-unsaturated/α-hetero) is 1. The monoisotopic (exact) mass is 416 g/mol. The molecule has 3 aromatic carbocycles. The van der Waals surface area contributed by atoms with Crippen molar-refractivity contribution in [3.63, 3.8) is 0 Å². The lowest BCUT2D eigenvalue weighted by atomic mass is 9.98. The zero-order valence-corrected chi connectivity index (χ0v) is 18.0. The van der Waals surface area contributed by atoms with Crippen molar-refractivity contribution < 1.29 is 14.3 Å². The van der Waals surface area contributed by atoms with Crippen molar-refractivity contribution in [3.8, 4) is 16.9 Å². The molecule has 2 N–H and O–H groups in total. The summed E-state index contributed by atoms with van der Waals surface area (Å²) in [6, 6.07) is 23.5. The third-order valence-electron chi connectivity index (χ3n) is 5.26. The van der Waals surface area contributed by atoms with Crippen LogP contribution in [-0.2, 0) is 17.8 Å². The van der Waals surface area contributed by atoms with Gasteiger partial charge >= 0.3 is 0 Å². The number of carbonyl (C=O) groups excluding carboxylic acids is 2. The molecule has 0 atom stereocenters. The highest BCUT2D eigenvalue weighted by Gasteiger charge is 2.10. The van der Waals surface area contributed by atoms with Crippen molar-refractivity contribution in [3.05, 3.63) is 89.5 Å². The average molecular weight is 417 g/mol. The number of aryl methyl sites for hydroxylation is 1. The largest absolute Gasteiger partial charge is 0.497 e. The van der Waals surface area contributed by atoms with Gasteiger partial charge in [0.25, 0.3) is 0 Å². The standard InChI is InChI=1S/C26H28N2O3/c1-28(26(30)17-27)18-20-6-3-7-23(15-20)21-10-12-22(13-11-21)25(29)14-9-19-5-4-8-24(16-19)31-2/h3-8,10-13,15-16H,9,14,17-18,27H2,1-2H3. The van der Waals surface area contributed by atoms with E-state index in [2.05, 4.69) is 6.07 Å². The van der Waals surface area contributed by atoms with Crippen molar-refractivity contribution in [2.24, 2.45) is 5.73 Å². The molecular weight excluding hydrogens is 388 g/mol. The molecule has 0 fully saturated rings. The van der Waals surface area contributed by atoms with Gasteiger partial charge in [0, 0.05) is 25.6 Å². The van der Waals surface area contributed by atoms with Crippen LogP contribution in [0.25, 0.3) is 11.1 Å². The molecule has 5 heteroatoms. The molecule has 0 aliphatic heterocycles. The number of nitrogens with two attached hydrogens (primary N) is 1. The Morgan fingerprint density at radius 1 is 0.903 bits per heavy atom. The predicted octanol–water partition coefficient (Wildman–Crippen LogP) is 4.09. The van der Waals surface area contributed by atoms with Crippen LogP contribution in [0.4, 0.5) is 0 Å². The molecule has 31 heavy (non-hydrogen) atoms. The first-order valence-corrected chi connectivity index (χ1v) is 10.3. The molecule has 0 aliphatic carbocycles. The second-order valence-corrected chi connectivity index (χ2v) is 7.51. The van der Waals surface area contributed by atoms with Crippen molar-refractivity contribution in [2.75, 3.05) is 20.7 Å². The van der Waals surface area contributed by atoms with E-state index in [9.17, 15) is 9.59 Å². The second-order valence-electron chi connectivity index (χ2n) is 7.51. The van der Waals surface area contributed by atoms with Crippen molar-refractivity contribution in [1.82, 2.24) is 4.90 Å². The number of ether oxygens (including phenoxy) is 1. The Hall–Kier alpha value is -3.44. The lowest BCUT2D eigenvalue weighted by Gasteiger charge is -2.16. The summed E-state index contributed by atoms with van der Waals surface area (Å²) in [6.45, 7) is 0.508. The van der Waals surface area contributed by atoms with E-state index in [1.807, 2.05) is 66.7 Å². The van der Waals surface area contributed by atoms with Crippen LogP contribution in [0.2, 0.25) is 0 Å². The van der Waals surface area contributed by atoms with E-state index in [1.165, 1.54) is 0 Å². The van der Waals surface area contributed by atoms with Crippen LogP contribution in [0.1, 0.15) is 27.9 Å². The van der Waals surface area contributed by atoms with E-state index >= 15 is 0 Å². The molecule has 3 rings (SSSR count). The van der Waals surface area contributed by atoms with Crippen molar-refractivity contribution >= 4 is 11.7 Å². The number of methoxy groups -OCH3 is 1. The summed E-state index contributed by atoms with van der Waals surface area (Å²) in [4.78, 5) is 25.9. The summed E-state index contributed by atoms with van der Waals surface area (Å²) in [6.07, 6.45) is 1.12. The van der Waals surface area contributed by atoms with Crippen LogP contribution in [0.5, 0.6) is 5.75 Å². The van der Waals surface area contributed by atoms with Gasteiger partial charge in [-0.2, -0.15) is 0 Å². The molecule has 0 aromatic heterocycles. The summed E-state index contributed by atoms with van der Waals surface area (Å²) in [5, 5.41) is 0. The highest BCUT2D eigenvalue weighted by molar-refractivity contribution is 5.96. The first-order chi connectivity index (χ1) is 15.0. The fraction of sp³-hybridized carbons (Fsp3) is 0.231. The van der Waals surface area contributed by atoms with E-state index in [-0.39, 0.29) is 18.2 Å². The van der Waals surface area contributed by atoms with Gasteiger partial charge in [-0.25, -0.2) is 0 Å². The topological polar surface area (TPSA) is 72.6 Å². The number of likely N-dealkylation sites (N-methyl/N-ethyl adjacent to an activating group) is 1. The van der Waals surface area contributed by atoms with Gasteiger partial charge in [0.1, 0.15) is 5.75 Å². The number of benzene rings is 3. The fourth-order valence-electron chi connectivity index (χ4n) is 3.45. The molecule has 0 radical (unpaired) electrons. The minimum absolute atomic E-state index is 0.00347. The summed E-state index contributed by atoms with van der Waals surface area (Å²) in [7, 11) is 3.38. The van der Waals surface area contributed by atoms with Crippen LogP contribution in [-0.4, -0.2) is 37.3 Å². The zero-order chi connectivity index (χ0) is 22.2. The SMILES string of the molecule is COc1cccc(CCC(=O)c2ccc(-c3cccc(CN(C)C(=O)CN)c3)cc2)c1. The van der Waals surface area contributed by atoms with Crippen molar-refractivity contribution in [1.29, 1.82) is 0 Å². The highest BCUT2D eigenvalue weighted by Crippen LogP contribution is 2.22. The zero-order valence-electron chi connectivity index (χ0n) is 18.0. The third-order valence-corrected chi connectivity index (χ3v) is 5.26. The van der Waals surface area contributed by atoms with Crippen LogP contribution >= 0.6 is 0 Å². The third kappa shape index (κ3) is 6.03. The molecular formula is C26H28N2O3. The quantitative estimate of drug-likeness (QED) is 0.533. The summed E-state index contributed by atoms with van der Waals surface area (Å²) in [5.74, 6) is 0.822. The molecule has 0 unspecified atom stereocenters. The van der Waals surface area contributed by atoms with Crippen molar-refractivity contribution in [2.45, 2.75) is 19.4 Å². The number of nitrogens with zero attached hydrogens (tertiary/aromatic N) is 1. The van der Waals surface area contributed by atoms with Gasteiger partial charge in [-0.05, 0) is 46.9 Å². The summed E-state index contributed by atoms with van der Waals surface area (Å²) < 4.78 is 5.24. The number of amides is 1. The number of rotatable bonds is 9. The molecule has 0 saturated heterocycles. The van der Waals surface area contributed by atoms with Gasteiger partial charge in [0.2, 0.25) is 5.91 Å². The minimum Gasteiger partial charge on any atom is -0.497 e. The molecule has 160 valence electrons. The smallest absolute Gasteiger partial charge is 0.236 e. The van der Waals surface area contributed by atoms with E-state index < -0.39 is 0 Å².